The van der Waals surface area contributed by atoms with Gasteiger partial charge in [0, 0.05) is 5.69 Å². The molecule has 0 fully saturated rings. The predicted octanol–water partition coefficient (Wildman–Crippen LogP) is 4.15. The van der Waals surface area contributed by atoms with E-state index in [0.29, 0.717) is 11.4 Å². The maximum atomic E-state index is 12.0. The van der Waals surface area contributed by atoms with E-state index in [1.807, 2.05) is 32.0 Å². The number of hydrogen-bond donors (Lipinski definition) is 1. The predicted molar refractivity (Wildman–Crippen MR) is 97.4 cm³/mol. The fourth-order valence-electron chi connectivity index (χ4n) is 2.19. The van der Waals surface area contributed by atoms with Crippen molar-refractivity contribution >= 4 is 29.2 Å². The van der Waals surface area contributed by atoms with Crippen LogP contribution >= 0.6 is 11.6 Å². The summed E-state index contributed by atoms with van der Waals surface area (Å²) in [7, 11) is 0. The van der Waals surface area contributed by atoms with Crippen molar-refractivity contribution in [2.24, 2.45) is 0 Å². The summed E-state index contributed by atoms with van der Waals surface area (Å²) in [6.07, 6.45) is 0. The summed E-state index contributed by atoms with van der Waals surface area (Å²) in [5.41, 5.74) is 2.83. The second-order valence-corrected chi connectivity index (χ2v) is 5.86. The molecule has 6 heteroatoms. The van der Waals surface area contributed by atoms with Gasteiger partial charge in [-0.15, -0.1) is 0 Å². The summed E-state index contributed by atoms with van der Waals surface area (Å²) in [6.45, 7) is 5.78. The zero-order chi connectivity index (χ0) is 18.4. The Kier molecular flexibility index (Phi) is 6.42. The maximum Gasteiger partial charge on any atom is 0.339 e. The van der Waals surface area contributed by atoms with Gasteiger partial charge in [0.2, 0.25) is 0 Å². The van der Waals surface area contributed by atoms with Crippen molar-refractivity contribution < 1.29 is 19.1 Å². The van der Waals surface area contributed by atoms with Crippen LogP contribution < -0.4 is 10.1 Å². The largest absolute Gasteiger partial charge is 0.483 e. The number of hydrogen-bond acceptors (Lipinski definition) is 4. The lowest BCUT2D eigenvalue weighted by Crippen LogP contribution is -2.20. The molecule has 0 aliphatic rings. The van der Waals surface area contributed by atoms with Crippen LogP contribution in [0.4, 0.5) is 5.69 Å². The number of carbonyl (C=O) groups excluding carboxylic acids is 2. The molecular formula is C19H20ClNO4. The molecule has 132 valence electrons. The van der Waals surface area contributed by atoms with Crippen molar-refractivity contribution in [1.82, 2.24) is 0 Å². The molecular weight excluding hydrogens is 342 g/mol. The Bertz CT molecular complexity index is 789. The van der Waals surface area contributed by atoms with Crippen molar-refractivity contribution in [3.05, 3.63) is 58.1 Å². The Balaban J connectivity index is 1.97. The van der Waals surface area contributed by atoms with Crippen molar-refractivity contribution in [2.75, 3.05) is 18.5 Å². The molecule has 0 radical (unpaired) electrons. The Morgan fingerprint density at radius 2 is 1.92 bits per heavy atom. The number of rotatable bonds is 6. The number of amides is 1. The first-order chi connectivity index (χ1) is 11.9. The molecule has 0 bridgehead atoms. The van der Waals surface area contributed by atoms with E-state index < -0.39 is 5.97 Å². The standard InChI is InChI=1S/C19H20ClNO4/c1-4-24-19(23)15-9-8-14(10-16(15)20)21-18(22)11-25-17-7-5-6-12(2)13(17)3/h5-10H,4,11H2,1-3H3,(H,21,22). The second kappa shape index (κ2) is 8.53. The minimum absolute atomic E-state index is 0.123. The quantitative estimate of drug-likeness (QED) is 0.785. The Labute approximate surface area is 151 Å². The summed E-state index contributed by atoms with van der Waals surface area (Å²) < 4.78 is 10.5. The van der Waals surface area contributed by atoms with Gasteiger partial charge >= 0.3 is 5.97 Å². The van der Waals surface area contributed by atoms with E-state index in [1.54, 1.807) is 13.0 Å². The van der Waals surface area contributed by atoms with Crippen molar-refractivity contribution in [2.45, 2.75) is 20.8 Å². The summed E-state index contributed by atoms with van der Waals surface area (Å²) >= 11 is 6.07. The zero-order valence-electron chi connectivity index (χ0n) is 14.4. The Morgan fingerprint density at radius 1 is 1.16 bits per heavy atom. The number of aryl methyl sites for hydroxylation is 1. The third kappa shape index (κ3) is 4.97. The SMILES string of the molecule is CCOC(=O)c1ccc(NC(=O)COc2cccc(C)c2C)cc1Cl. The van der Waals surface area contributed by atoms with Crippen LogP contribution in [0, 0.1) is 13.8 Å². The molecule has 0 aliphatic carbocycles. The van der Waals surface area contributed by atoms with Gasteiger partial charge in [0.15, 0.2) is 6.61 Å². The second-order valence-electron chi connectivity index (χ2n) is 5.45. The van der Waals surface area contributed by atoms with Gasteiger partial charge in [-0.3, -0.25) is 4.79 Å². The molecule has 1 amide bonds. The van der Waals surface area contributed by atoms with Crippen molar-refractivity contribution in [1.29, 1.82) is 0 Å². The minimum atomic E-state index is -0.497. The molecule has 0 aromatic heterocycles. The Morgan fingerprint density at radius 3 is 2.60 bits per heavy atom. The normalized spacial score (nSPS) is 10.2. The summed E-state index contributed by atoms with van der Waals surface area (Å²) in [5, 5.41) is 2.90. The van der Waals surface area contributed by atoms with Gasteiger partial charge in [0.1, 0.15) is 5.75 Å². The maximum absolute atomic E-state index is 12.0. The van der Waals surface area contributed by atoms with E-state index in [4.69, 9.17) is 21.1 Å². The van der Waals surface area contributed by atoms with E-state index in [1.165, 1.54) is 12.1 Å². The van der Waals surface area contributed by atoms with Gasteiger partial charge in [-0.05, 0) is 56.2 Å². The molecule has 0 spiro atoms. The van der Waals surface area contributed by atoms with Gasteiger partial charge in [-0.2, -0.15) is 0 Å². The number of benzene rings is 2. The first-order valence-corrected chi connectivity index (χ1v) is 8.25. The number of carbonyl (C=O) groups is 2. The molecule has 0 unspecified atom stereocenters. The first-order valence-electron chi connectivity index (χ1n) is 7.88. The van der Waals surface area contributed by atoms with Crippen LogP contribution in [0.5, 0.6) is 5.75 Å². The molecule has 0 aliphatic heterocycles. The van der Waals surface area contributed by atoms with Gasteiger partial charge in [-0.25, -0.2) is 4.79 Å². The highest BCUT2D eigenvalue weighted by atomic mass is 35.5. The van der Waals surface area contributed by atoms with Crippen LogP contribution in [-0.4, -0.2) is 25.1 Å². The highest BCUT2D eigenvalue weighted by molar-refractivity contribution is 6.34. The summed E-state index contributed by atoms with van der Waals surface area (Å²) in [4.78, 5) is 23.7. The molecule has 5 nitrogen and oxygen atoms in total. The molecule has 0 heterocycles. The first kappa shape index (κ1) is 18.8. The van der Waals surface area contributed by atoms with E-state index in [2.05, 4.69) is 5.32 Å². The average molecular weight is 362 g/mol. The van der Waals surface area contributed by atoms with Crippen LogP contribution in [0.2, 0.25) is 5.02 Å². The third-order valence-corrected chi connectivity index (χ3v) is 3.97. The van der Waals surface area contributed by atoms with Crippen LogP contribution in [0.1, 0.15) is 28.4 Å². The molecule has 0 saturated heterocycles. The van der Waals surface area contributed by atoms with Gasteiger partial charge in [-0.1, -0.05) is 23.7 Å². The van der Waals surface area contributed by atoms with Crippen molar-refractivity contribution in [3.8, 4) is 5.75 Å². The zero-order valence-corrected chi connectivity index (χ0v) is 15.1. The van der Waals surface area contributed by atoms with Gasteiger partial charge in [0.25, 0.3) is 5.91 Å². The molecule has 2 aromatic carbocycles. The lowest BCUT2D eigenvalue weighted by molar-refractivity contribution is -0.118. The summed E-state index contributed by atoms with van der Waals surface area (Å²) in [6, 6.07) is 10.3. The molecule has 1 N–H and O–H groups in total. The van der Waals surface area contributed by atoms with Crippen LogP contribution in [0.15, 0.2) is 36.4 Å². The smallest absolute Gasteiger partial charge is 0.339 e. The third-order valence-electron chi connectivity index (χ3n) is 3.66. The number of anilines is 1. The topological polar surface area (TPSA) is 64.6 Å². The molecule has 0 saturated carbocycles. The van der Waals surface area contributed by atoms with E-state index in [0.717, 1.165) is 11.1 Å². The summed E-state index contributed by atoms with van der Waals surface area (Å²) in [5.74, 6) is -0.143. The molecule has 25 heavy (non-hydrogen) atoms. The molecule has 2 aromatic rings. The van der Waals surface area contributed by atoms with E-state index in [-0.39, 0.29) is 29.7 Å². The highest BCUT2D eigenvalue weighted by Gasteiger charge is 2.13. The average Bonchev–Trinajstić information content (AvgIpc) is 2.56. The van der Waals surface area contributed by atoms with E-state index in [9.17, 15) is 9.59 Å². The van der Waals surface area contributed by atoms with Gasteiger partial charge < -0.3 is 14.8 Å². The van der Waals surface area contributed by atoms with Gasteiger partial charge in [0.05, 0.1) is 17.2 Å². The Hall–Kier alpha value is -2.53. The number of ether oxygens (including phenoxy) is 2. The lowest BCUT2D eigenvalue weighted by atomic mass is 10.1. The van der Waals surface area contributed by atoms with Crippen LogP contribution in [0.25, 0.3) is 0 Å². The highest BCUT2D eigenvalue weighted by Crippen LogP contribution is 2.23. The van der Waals surface area contributed by atoms with Crippen LogP contribution in [-0.2, 0) is 9.53 Å². The van der Waals surface area contributed by atoms with E-state index >= 15 is 0 Å². The monoisotopic (exact) mass is 361 g/mol. The number of nitrogens with one attached hydrogen (secondary N) is 1. The van der Waals surface area contributed by atoms with Crippen molar-refractivity contribution in [3.63, 3.8) is 0 Å². The number of esters is 1. The lowest BCUT2D eigenvalue weighted by Gasteiger charge is -2.11. The number of halogens is 1. The minimum Gasteiger partial charge on any atom is -0.483 e. The van der Waals surface area contributed by atoms with Crippen LogP contribution in [0.3, 0.4) is 0 Å². The fraction of sp³-hybridized carbons (Fsp3) is 0.263. The molecule has 2 rings (SSSR count). The molecule has 0 atom stereocenters. The fourth-order valence-corrected chi connectivity index (χ4v) is 2.45.